The average Bonchev–Trinajstić information content (AvgIpc) is 2.50. The van der Waals surface area contributed by atoms with Crippen molar-refractivity contribution in [3.63, 3.8) is 0 Å². The standard InChI is InChI=1S/C16H14ClFN2O/c17-13-6-5-11(18)9-14(13)20-16(21)15-12-4-2-1-3-10(12)7-8-19-15/h1-6,9,15,19H,7-8H2,(H,20,21). The van der Waals surface area contributed by atoms with Crippen molar-refractivity contribution in [2.24, 2.45) is 0 Å². The van der Waals surface area contributed by atoms with Gasteiger partial charge in [-0.3, -0.25) is 4.79 Å². The number of anilines is 1. The molecule has 0 radical (unpaired) electrons. The van der Waals surface area contributed by atoms with Crippen LogP contribution in [0.15, 0.2) is 42.5 Å². The molecule has 21 heavy (non-hydrogen) atoms. The van der Waals surface area contributed by atoms with Crippen LogP contribution in [0.1, 0.15) is 17.2 Å². The Bertz CT molecular complexity index is 690. The van der Waals surface area contributed by atoms with Crippen LogP contribution in [0.25, 0.3) is 0 Å². The van der Waals surface area contributed by atoms with Crippen molar-refractivity contribution in [1.29, 1.82) is 0 Å². The van der Waals surface area contributed by atoms with Crippen LogP contribution in [0.5, 0.6) is 0 Å². The van der Waals surface area contributed by atoms with Crippen molar-refractivity contribution < 1.29 is 9.18 Å². The van der Waals surface area contributed by atoms with Gasteiger partial charge < -0.3 is 10.6 Å². The maximum absolute atomic E-state index is 13.3. The summed E-state index contributed by atoms with van der Waals surface area (Å²) in [6, 6.07) is 11.3. The van der Waals surface area contributed by atoms with E-state index in [2.05, 4.69) is 10.6 Å². The molecule has 1 atom stereocenters. The molecule has 1 unspecified atom stereocenters. The summed E-state index contributed by atoms with van der Waals surface area (Å²) in [5, 5.41) is 6.18. The van der Waals surface area contributed by atoms with Crippen molar-refractivity contribution in [3.8, 4) is 0 Å². The Hall–Kier alpha value is -1.91. The lowest BCUT2D eigenvalue weighted by atomic mass is 9.94. The Morgan fingerprint density at radius 3 is 2.95 bits per heavy atom. The van der Waals surface area contributed by atoms with Crippen LogP contribution in [0, 0.1) is 5.82 Å². The van der Waals surface area contributed by atoms with Crippen LogP contribution in [0.2, 0.25) is 5.02 Å². The number of carbonyl (C=O) groups excluding carboxylic acids is 1. The predicted octanol–water partition coefficient (Wildman–Crippen LogP) is 3.30. The quantitative estimate of drug-likeness (QED) is 0.894. The molecule has 0 aromatic heterocycles. The summed E-state index contributed by atoms with van der Waals surface area (Å²) in [6.07, 6.45) is 0.890. The third-order valence-corrected chi connectivity index (χ3v) is 3.89. The molecule has 0 spiro atoms. The lowest BCUT2D eigenvalue weighted by molar-refractivity contribution is -0.118. The van der Waals surface area contributed by atoms with Crippen molar-refractivity contribution >= 4 is 23.2 Å². The van der Waals surface area contributed by atoms with E-state index in [9.17, 15) is 9.18 Å². The predicted molar refractivity (Wildman–Crippen MR) is 80.9 cm³/mol. The van der Waals surface area contributed by atoms with Gasteiger partial charge in [0.2, 0.25) is 5.91 Å². The fourth-order valence-corrected chi connectivity index (χ4v) is 2.70. The zero-order valence-corrected chi connectivity index (χ0v) is 12.0. The molecule has 2 N–H and O–H groups in total. The van der Waals surface area contributed by atoms with Gasteiger partial charge in [0.25, 0.3) is 0 Å². The molecule has 5 heteroatoms. The molecule has 1 aliphatic heterocycles. The van der Waals surface area contributed by atoms with Gasteiger partial charge in [-0.25, -0.2) is 4.39 Å². The highest BCUT2D eigenvalue weighted by atomic mass is 35.5. The number of rotatable bonds is 2. The minimum atomic E-state index is -0.450. The Kier molecular flexibility index (Phi) is 3.90. The first-order valence-electron chi connectivity index (χ1n) is 6.72. The number of carbonyl (C=O) groups is 1. The summed E-state index contributed by atoms with van der Waals surface area (Å²) >= 11 is 5.98. The van der Waals surface area contributed by atoms with Gasteiger partial charge in [-0.2, -0.15) is 0 Å². The maximum Gasteiger partial charge on any atom is 0.246 e. The summed E-state index contributed by atoms with van der Waals surface area (Å²) in [7, 11) is 0. The normalized spacial score (nSPS) is 17.1. The minimum absolute atomic E-state index is 0.241. The van der Waals surface area contributed by atoms with Gasteiger partial charge in [-0.05, 0) is 35.7 Å². The molecule has 0 saturated carbocycles. The van der Waals surface area contributed by atoms with E-state index in [1.54, 1.807) is 0 Å². The lowest BCUT2D eigenvalue weighted by Gasteiger charge is -2.26. The van der Waals surface area contributed by atoms with Crippen LogP contribution < -0.4 is 10.6 Å². The third kappa shape index (κ3) is 2.91. The van der Waals surface area contributed by atoms with E-state index in [1.807, 2.05) is 24.3 Å². The Balaban J connectivity index is 1.85. The Morgan fingerprint density at radius 1 is 1.29 bits per heavy atom. The molecule has 3 nitrogen and oxygen atoms in total. The molecule has 2 aromatic carbocycles. The van der Waals surface area contributed by atoms with Gasteiger partial charge in [0, 0.05) is 6.54 Å². The van der Waals surface area contributed by atoms with Crippen molar-refractivity contribution in [3.05, 3.63) is 64.4 Å². The van der Waals surface area contributed by atoms with Crippen LogP contribution in [-0.4, -0.2) is 12.5 Å². The first kappa shape index (κ1) is 14.0. The van der Waals surface area contributed by atoms with E-state index in [0.717, 1.165) is 24.1 Å². The summed E-state index contributed by atoms with van der Waals surface area (Å²) < 4.78 is 13.3. The molecule has 1 aliphatic rings. The fourth-order valence-electron chi connectivity index (χ4n) is 2.54. The monoisotopic (exact) mass is 304 g/mol. The molecule has 1 heterocycles. The number of hydrogen-bond acceptors (Lipinski definition) is 2. The molecule has 1 amide bonds. The number of amides is 1. The summed E-state index contributed by atoms with van der Waals surface area (Å²) in [5.74, 6) is -0.679. The van der Waals surface area contributed by atoms with E-state index >= 15 is 0 Å². The van der Waals surface area contributed by atoms with E-state index in [1.165, 1.54) is 18.2 Å². The minimum Gasteiger partial charge on any atom is -0.323 e. The number of hydrogen-bond donors (Lipinski definition) is 2. The van der Waals surface area contributed by atoms with Crippen LogP contribution in [0.3, 0.4) is 0 Å². The largest absolute Gasteiger partial charge is 0.323 e. The SMILES string of the molecule is O=C(Nc1cc(F)ccc1Cl)C1NCCc2ccccc21. The maximum atomic E-state index is 13.3. The zero-order valence-electron chi connectivity index (χ0n) is 11.2. The zero-order chi connectivity index (χ0) is 14.8. The van der Waals surface area contributed by atoms with Gasteiger partial charge in [0.15, 0.2) is 0 Å². The first-order chi connectivity index (χ1) is 10.1. The Morgan fingerprint density at radius 2 is 2.10 bits per heavy atom. The molecule has 0 fully saturated rings. The molecule has 2 aromatic rings. The number of nitrogens with one attached hydrogen (secondary N) is 2. The highest BCUT2D eigenvalue weighted by Gasteiger charge is 2.26. The van der Waals surface area contributed by atoms with Gasteiger partial charge in [-0.1, -0.05) is 35.9 Å². The average molecular weight is 305 g/mol. The molecular formula is C16H14ClFN2O. The molecule has 0 saturated heterocycles. The summed E-state index contributed by atoms with van der Waals surface area (Å²) in [4.78, 5) is 12.4. The van der Waals surface area contributed by atoms with Crippen LogP contribution in [0.4, 0.5) is 10.1 Å². The second-order valence-electron chi connectivity index (χ2n) is 4.95. The summed E-state index contributed by atoms with van der Waals surface area (Å²) in [5.41, 5.74) is 2.39. The second-order valence-corrected chi connectivity index (χ2v) is 5.36. The molecule has 3 rings (SSSR count). The highest BCUT2D eigenvalue weighted by molar-refractivity contribution is 6.33. The van der Waals surface area contributed by atoms with E-state index < -0.39 is 11.9 Å². The Labute approximate surface area is 127 Å². The summed E-state index contributed by atoms with van der Waals surface area (Å²) in [6.45, 7) is 0.728. The van der Waals surface area contributed by atoms with Crippen molar-refractivity contribution in [1.82, 2.24) is 5.32 Å². The molecule has 0 aliphatic carbocycles. The van der Waals surface area contributed by atoms with E-state index in [4.69, 9.17) is 11.6 Å². The molecule has 0 bridgehead atoms. The van der Waals surface area contributed by atoms with Crippen LogP contribution in [-0.2, 0) is 11.2 Å². The fraction of sp³-hybridized carbons (Fsp3) is 0.188. The number of halogens is 2. The lowest BCUT2D eigenvalue weighted by Crippen LogP contribution is -2.38. The number of fused-ring (bicyclic) bond motifs is 1. The van der Waals surface area contributed by atoms with Crippen molar-refractivity contribution in [2.75, 3.05) is 11.9 Å². The van der Waals surface area contributed by atoms with Gasteiger partial charge in [0.05, 0.1) is 10.7 Å². The van der Waals surface area contributed by atoms with Crippen molar-refractivity contribution in [2.45, 2.75) is 12.5 Å². The smallest absolute Gasteiger partial charge is 0.246 e. The molecule has 108 valence electrons. The first-order valence-corrected chi connectivity index (χ1v) is 7.10. The van der Waals surface area contributed by atoms with E-state index in [0.29, 0.717) is 5.02 Å². The topological polar surface area (TPSA) is 41.1 Å². The van der Waals surface area contributed by atoms with Gasteiger partial charge in [-0.15, -0.1) is 0 Å². The number of benzene rings is 2. The molecular weight excluding hydrogens is 291 g/mol. The third-order valence-electron chi connectivity index (χ3n) is 3.56. The van der Waals surface area contributed by atoms with Gasteiger partial charge >= 0.3 is 0 Å². The highest BCUT2D eigenvalue weighted by Crippen LogP contribution is 2.27. The van der Waals surface area contributed by atoms with E-state index in [-0.39, 0.29) is 11.6 Å². The second kappa shape index (κ2) is 5.84. The van der Waals surface area contributed by atoms with Crippen LogP contribution >= 0.6 is 11.6 Å². The van der Waals surface area contributed by atoms with Gasteiger partial charge in [0.1, 0.15) is 11.9 Å².